The fourth-order valence-electron chi connectivity index (χ4n) is 2.10. The van der Waals surface area contributed by atoms with Gasteiger partial charge in [-0.2, -0.15) is 0 Å². The van der Waals surface area contributed by atoms with E-state index in [-0.39, 0.29) is 0 Å². The molecule has 0 unspecified atom stereocenters. The lowest BCUT2D eigenvalue weighted by atomic mass is 10.2. The van der Waals surface area contributed by atoms with E-state index in [4.69, 9.17) is 21.1 Å². The van der Waals surface area contributed by atoms with E-state index in [9.17, 15) is 0 Å². The van der Waals surface area contributed by atoms with Gasteiger partial charge in [0.1, 0.15) is 6.61 Å². The van der Waals surface area contributed by atoms with Gasteiger partial charge < -0.3 is 14.8 Å². The summed E-state index contributed by atoms with van der Waals surface area (Å²) in [7, 11) is 1.91. The number of hydrogen-bond donors (Lipinski definition) is 1. The number of benzene rings is 2. The molecule has 0 saturated carbocycles. The Balaban J connectivity index is 2.23. The average molecular weight is 385 g/mol. The van der Waals surface area contributed by atoms with Crippen molar-refractivity contribution in [2.45, 2.75) is 20.1 Å². The number of rotatable bonds is 7. The molecule has 1 N–H and O–H groups in total. The van der Waals surface area contributed by atoms with Crippen LogP contribution in [0, 0.1) is 0 Å². The summed E-state index contributed by atoms with van der Waals surface area (Å²) in [4.78, 5) is 0. The van der Waals surface area contributed by atoms with Crippen LogP contribution in [0.4, 0.5) is 0 Å². The van der Waals surface area contributed by atoms with Gasteiger partial charge in [0.2, 0.25) is 0 Å². The smallest absolute Gasteiger partial charge is 0.175 e. The third-order valence-electron chi connectivity index (χ3n) is 3.08. The van der Waals surface area contributed by atoms with Crippen molar-refractivity contribution < 1.29 is 9.47 Å². The van der Waals surface area contributed by atoms with Crippen LogP contribution in [0.5, 0.6) is 11.5 Å². The Morgan fingerprint density at radius 2 is 1.95 bits per heavy atom. The van der Waals surface area contributed by atoms with E-state index in [0.717, 1.165) is 27.9 Å². The van der Waals surface area contributed by atoms with Crippen molar-refractivity contribution in [3.8, 4) is 11.5 Å². The molecule has 0 aliphatic carbocycles. The molecule has 2 aromatic rings. The molecule has 0 aliphatic rings. The summed E-state index contributed by atoms with van der Waals surface area (Å²) in [5.74, 6) is 1.43. The highest BCUT2D eigenvalue weighted by atomic mass is 79.9. The lowest BCUT2D eigenvalue weighted by Gasteiger charge is -2.16. The van der Waals surface area contributed by atoms with Gasteiger partial charge in [0, 0.05) is 17.1 Å². The number of nitrogens with one attached hydrogen (secondary N) is 1. The van der Waals surface area contributed by atoms with Crippen LogP contribution in [0.3, 0.4) is 0 Å². The van der Waals surface area contributed by atoms with Gasteiger partial charge in [-0.25, -0.2) is 0 Å². The fourth-order valence-corrected chi connectivity index (χ4v) is 2.89. The van der Waals surface area contributed by atoms with Crippen LogP contribution >= 0.6 is 27.5 Å². The quantitative estimate of drug-likeness (QED) is 0.744. The monoisotopic (exact) mass is 383 g/mol. The van der Waals surface area contributed by atoms with Crippen molar-refractivity contribution in [2.75, 3.05) is 13.7 Å². The van der Waals surface area contributed by atoms with Crippen LogP contribution in [0.1, 0.15) is 18.1 Å². The van der Waals surface area contributed by atoms with Gasteiger partial charge in [-0.3, -0.25) is 0 Å². The highest BCUT2D eigenvalue weighted by molar-refractivity contribution is 9.10. The Hall–Kier alpha value is -1.23. The van der Waals surface area contributed by atoms with Gasteiger partial charge in [-0.1, -0.05) is 29.8 Å². The van der Waals surface area contributed by atoms with Gasteiger partial charge in [0.15, 0.2) is 11.5 Å². The van der Waals surface area contributed by atoms with Crippen LogP contribution in [0.15, 0.2) is 40.9 Å². The van der Waals surface area contributed by atoms with Crippen molar-refractivity contribution in [1.29, 1.82) is 0 Å². The van der Waals surface area contributed by atoms with Crippen LogP contribution in [0.25, 0.3) is 0 Å². The molecule has 22 heavy (non-hydrogen) atoms. The van der Waals surface area contributed by atoms with E-state index in [1.807, 2.05) is 50.4 Å². The van der Waals surface area contributed by atoms with E-state index in [0.29, 0.717) is 24.0 Å². The SMILES string of the molecule is CCOc1cc(CNC)cc(Br)c1OCc1ccccc1Cl. The van der Waals surface area contributed by atoms with Crippen LogP contribution in [-0.4, -0.2) is 13.7 Å². The van der Waals surface area contributed by atoms with E-state index < -0.39 is 0 Å². The minimum Gasteiger partial charge on any atom is -0.490 e. The summed E-state index contributed by atoms with van der Waals surface area (Å²) in [5, 5.41) is 3.83. The summed E-state index contributed by atoms with van der Waals surface area (Å²) in [6.07, 6.45) is 0. The highest BCUT2D eigenvalue weighted by Crippen LogP contribution is 2.37. The van der Waals surface area contributed by atoms with Crippen LogP contribution in [-0.2, 0) is 13.2 Å². The molecule has 0 amide bonds. The summed E-state index contributed by atoms with van der Waals surface area (Å²) in [6, 6.07) is 11.7. The molecule has 5 heteroatoms. The third kappa shape index (κ3) is 4.38. The minimum atomic E-state index is 0.393. The second-order valence-corrected chi connectivity index (χ2v) is 6.01. The van der Waals surface area contributed by atoms with Gasteiger partial charge >= 0.3 is 0 Å². The maximum absolute atomic E-state index is 6.17. The van der Waals surface area contributed by atoms with E-state index in [1.54, 1.807) is 0 Å². The molecule has 0 aromatic heterocycles. The largest absolute Gasteiger partial charge is 0.490 e. The Labute approximate surface area is 144 Å². The molecular weight excluding hydrogens is 366 g/mol. The molecule has 0 aliphatic heterocycles. The molecular formula is C17H19BrClNO2. The van der Waals surface area contributed by atoms with Crippen molar-refractivity contribution >= 4 is 27.5 Å². The number of hydrogen-bond acceptors (Lipinski definition) is 3. The predicted molar refractivity (Wildman–Crippen MR) is 93.9 cm³/mol. The number of halogens is 2. The standard InChI is InChI=1S/C17H19BrClNO2/c1-3-21-16-9-12(10-20-2)8-14(18)17(16)22-11-13-6-4-5-7-15(13)19/h4-9,20H,3,10-11H2,1-2H3. The third-order valence-corrected chi connectivity index (χ3v) is 4.04. The van der Waals surface area contributed by atoms with Gasteiger partial charge in [-0.15, -0.1) is 0 Å². The second-order valence-electron chi connectivity index (χ2n) is 4.75. The summed E-state index contributed by atoms with van der Waals surface area (Å²) in [6.45, 7) is 3.70. The van der Waals surface area contributed by atoms with Crippen LogP contribution in [0.2, 0.25) is 5.02 Å². The van der Waals surface area contributed by atoms with E-state index in [2.05, 4.69) is 21.2 Å². The van der Waals surface area contributed by atoms with E-state index in [1.165, 1.54) is 0 Å². The predicted octanol–water partition coefficient (Wildman–Crippen LogP) is 4.80. The molecule has 118 valence electrons. The van der Waals surface area contributed by atoms with Crippen LogP contribution < -0.4 is 14.8 Å². The summed E-state index contributed by atoms with van der Waals surface area (Å²) in [5.41, 5.74) is 2.07. The molecule has 0 fully saturated rings. The van der Waals surface area contributed by atoms with Crippen molar-refractivity contribution in [2.24, 2.45) is 0 Å². The van der Waals surface area contributed by atoms with Gasteiger partial charge in [0.05, 0.1) is 11.1 Å². The lowest BCUT2D eigenvalue weighted by Crippen LogP contribution is -2.07. The molecule has 2 rings (SSSR count). The zero-order valence-electron chi connectivity index (χ0n) is 12.7. The molecule has 0 heterocycles. The maximum Gasteiger partial charge on any atom is 0.175 e. The topological polar surface area (TPSA) is 30.5 Å². The first-order valence-electron chi connectivity index (χ1n) is 7.11. The molecule has 0 atom stereocenters. The average Bonchev–Trinajstić information content (AvgIpc) is 2.49. The second kappa shape index (κ2) is 8.42. The minimum absolute atomic E-state index is 0.393. The Bertz CT molecular complexity index is 634. The zero-order chi connectivity index (χ0) is 15.9. The fraction of sp³-hybridized carbons (Fsp3) is 0.294. The molecule has 0 spiro atoms. The molecule has 0 bridgehead atoms. The molecule has 0 radical (unpaired) electrons. The van der Waals surface area contributed by atoms with Crippen molar-refractivity contribution in [3.63, 3.8) is 0 Å². The first kappa shape index (κ1) is 17.1. The molecule has 0 saturated heterocycles. The highest BCUT2D eigenvalue weighted by Gasteiger charge is 2.13. The van der Waals surface area contributed by atoms with Crippen molar-refractivity contribution in [3.05, 3.63) is 57.0 Å². The first-order chi connectivity index (χ1) is 10.7. The zero-order valence-corrected chi connectivity index (χ0v) is 15.0. The Morgan fingerprint density at radius 1 is 1.18 bits per heavy atom. The first-order valence-corrected chi connectivity index (χ1v) is 8.28. The normalized spacial score (nSPS) is 10.5. The Kier molecular flexibility index (Phi) is 6.55. The van der Waals surface area contributed by atoms with E-state index >= 15 is 0 Å². The maximum atomic E-state index is 6.17. The van der Waals surface area contributed by atoms with Gasteiger partial charge in [0.25, 0.3) is 0 Å². The van der Waals surface area contributed by atoms with Crippen molar-refractivity contribution in [1.82, 2.24) is 5.32 Å². The number of ether oxygens (including phenoxy) is 2. The summed E-state index contributed by atoms with van der Waals surface area (Å²) >= 11 is 9.73. The molecule has 3 nitrogen and oxygen atoms in total. The molecule has 2 aromatic carbocycles. The Morgan fingerprint density at radius 3 is 2.64 bits per heavy atom. The summed E-state index contributed by atoms with van der Waals surface area (Å²) < 4.78 is 12.5. The lowest BCUT2D eigenvalue weighted by molar-refractivity contribution is 0.267. The van der Waals surface area contributed by atoms with Gasteiger partial charge in [-0.05, 0) is 53.7 Å².